The van der Waals surface area contributed by atoms with Gasteiger partial charge in [-0.05, 0) is 81.1 Å². The van der Waals surface area contributed by atoms with Crippen molar-refractivity contribution in [2.45, 2.75) is 84.1 Å². The van der Waals surface area contributed by atoms with Crippen molar-refractivity contribution >= 4 is 17.3 Å². The second kappa shape index (κ2) is 7.18. The molecule has 29 heavy (non-hydrogen) atoms. The zero-order chi connectivity index (χ0) is 20.2. The molecule has 0 aromatic rings. The molecule has 1 N–H and O–H groups in total. The molecule has 5 aliphatic rings. The Hall–Kier alpha value is -1.23. The Bertz CT molecular complexity index is 728. The van der Waals surface area contributed by atoms with Gasteiger partial charge in [-0.1, -0.05) is 19.0 Å². The zero-order valence-electron chi connectivity index (χ0n) is 18.0. The molecule has 1 unspecified atom stereocenters. The standard InChI is InChI=1S/C24H36N2O3/c1-23-9-7-15(26-29-14-16-4-3-11-25-16)12-20(23)21(27)13-17-18-5-6-22(28)24(18,2)10-8-19(17)23/h16-20,25H,3-14H2,1-2H3/t16-,17+,18+,19+,20?,23-,24+/m1/s1. The number of nitrogens with zero attached hydrogens (tertiary/aromatic N) is 1. The van der Waals surface area contributed by atoms with Crippen LogP contribution >= 0.6 is 0 Å². The van der Waals surface area contributed by atoms with Crippen molar-refractivity contribution in [3.05, 3.63) is 0 Å². The summed E-state index contributed by atoms with van der Waals surface area (Å²) < 4.78 is 0. The SMILES string of the molecule is C[C@]12CCC(=NOC[C@H]3CCCN3)CC1C(=O)C[C@@H]1[C@@H]2CC[C@]2(C)C(=O)CC[C@@H]12. The van der Waals surface area contributed by atoms with Gasteiger partial charge in [0.05, 0.1) is 5.71 Å². The molecule has 4 saturated carbocycles. The average molecular weight is 401 g/mol. The molecule has 0 spiro atoms. The molecule has 4 aliphatic carbocycles. The van der Waals surface area contributed by atoms with Crippen LogP contribution in [-0.4, -0.2) is 36.5 Å². The highest BCUT2D eigenvalue weighted by atomic mass is 16.6. The first-order valence-corrected chi connectivity index (χ1v) is 11.9. The maximum Gasteiger partial charge on any atom is 0.139 e. The molecule has 1 heterocycles. The van der Waals surface area contributed by atoms with Gasteiger partial charge < -0.3 is 10.2 Å². The number of Topliss-reactive ketones (excluding diaryl/α,β-unsaturated/α-hetero) is 2. The molecule has 5 nitrogen and oxygen atoms in total. The predicted octanol–water partition coefficient (Wildman–Crippen LogP) is 3.90. The van der Waals surface area contributed by atoms with Crippen LogP contribution in [0.2, 0.25) is 0 Å². The smallest absolute Gasteiger partial charge is 0.139 e. The highest BCUT2D eigenvalue weighted by molar-refractivity contribution is 5.93. The van der Waals surface area contributed by atoms with E-state index in [4.69, 9.17) is 4.84 Å². The van der Waals surface area contributed by atoms with Crippen LogP contribution in [0, 0.1) is 34.5 Å². The van der Waals surface area contributed by atoms with Gasteiger partial charge in [-0.3, -0.25) is 9.59 Å². The van der Waals surface area contributed by atoms with Gasteiger partial charge in [0.2, 0.25) is 0 Å². The number of carbonyl (C=O) groups excluding carboxylic acids is 2. The van der Waals surface area contributed by atoms with E-state index in [1.54, 1.807) is 0 Å². The number of hydrogen-bond donors (Lipinski definition) is 1. The summed E-state index contributed by atoms with van der Waals surface area (Å²) in [6, 6.07) is 0.427. The van der Waals surface area contributed by atoms with E-state index >= 15 is 0 Å². The fourth-order valence-corrected chi connectivity index (χ4v) is 7.82. The summed E-state index contributed by atoms with van der Waals surface area (Å²) in [5.74, 6) is 2.38. The lowest BCUT2D eigenvalue weighted by atomic mass is 9.45. The Morgan fingerprint density at radius 1 is 1.07 bits per heavy atom. The average Bonchev–Trinajstić information content (AvgIpc) is 3.31. The summed E-state index contributed by atoms with van der Waals surface area (Å²) in [6.45, 7) is 6.27. The van der Waals surface area contributed by atoms with Crippen molar-refractivity contribution in [3.8, 4) is 0 Å². The topological polar surface area (TPSA) is 67.8 Å². The molecule has 0 amide bonds. The molecule has 0 aromatic carbocycles. The summed E-state index contributed by atoms with van der Waals surface area (Å²) in [5, 5.41) is 7.90. The molecule has 1 aliphatic heterocycles. The first kappa shape index (κ1) is 19.7. The lowest BCUT2D eigenvalue weighted by Crippen LogP contribution is -2.56. The van der Waals surface area contributed by atoms with Gasteiger partial charge in [0.1, 0.15) is 18.2 Å². The van der Waals surface area contributed by atoms with Gasteiger partial charge in [-0.15, -0.1) is 0 Å². The number of nitrogens with one attached hydrogen (secondary N) is 1. The Balaban J connectivity index is 1.30. The van der Waals surface area contributed by atoms with E-state index in [1.165, 1.54) is 6.42 Å². The Labute approximate surface area is 174 Å². The molecule has 0 radical (unpaired) electrons. The number of oxime groups is 1. The normalized spacial score (nSPS) is 48.3. The quantitative estimate of drug-likeness (QED) is 0.730. The van der Waals surface area contributed by atoms with Crippen LogP contribution in [0.3, 0.4) is 0 Å². The van der Waals surface area contributed by atoms with Gasteiger partial charge in [-0.2, -0.15) is 0 Å². The summed E-state index contributed by atoms with van der Waals surface area (Å²) in [7, 11) is 0. The Morgan fingerprint density at radius 3 is 2.72 bits per heavy atom. The second-order valence-corrected chi connectivity index (χ2v) is 11.0. The number of carbonyl (C=O) groups is 2. The monoisotopic (exact) mass is 400 g/mol. The molecular formula is C24H36N2O3. The fourth-order valence-electron chi connectivity index (χ4n) is 7.82. The zero-order valence-corrected chi connectivity index (χ0v) is 18.0. The minimum Gasteiger partial charge on any atom is -0.394 e. The van der Waals surface area contributed by atoms with Gasteiger partial charge in [0.15, 0.2) is 0 Å². The van der Waals surface area contributed by atoms with Crippen molar-refractivity contribution in [1.29, 1.82) is 0 Å². The molecule has 5 rings (SSSR count). The first-order chi connectivity index (χ1) is 13.9. The maximum atomic E-state index is 13.3. The first-order valence-electron chi connectivity index (χ1n) is 11.9. The maximum absolute atomic E-state index is 13.3. The van der Waals surface area contributed by atoms with Crippen LogP contribution in [0.25, 0.3) is 0 Å². The van der Waals surface area contributed by atoms with E-state index in [-0.39, 0.29) is 16.7 Å². The van der Waals surface area contributed by atoms with Gasteiger partial charge in [0.25, 0.3) is 0 Å². The Morgan fingerprint density at radius 2 is 1.93 bits per heavy atom. The van der Waals surface area contributed by atoms with Crippen molar-refractivity contribution in [2.75, 3.05) is 13.2 Å². The van der Waals surface area contributed by atoms with Crippen molar-refractivity contribution in [1.82, 2.24) is 5.32 Å². The molecular weight excluding hydrogens is 364 g/mol. The van der Waals surface area contributed by atoms with Crippen molar-refractivity contribution in [3.63, 3.8) is 0 Å². The van der Waals surface area contributed by atoms with E-state index in [9.17, 15) is 9.59 Å². The fraction of sp³-hybridized carbons (Fsp3) is 0.875. The predicted molar refractivity (Wildman–Crippen MR) is 112 cm³/mol. The van der Waals surface area contributed by atoms with Crippen LogP contribution in [0.4, 0.5) is 0 Å². The second-order valence-electron chi connectivity index (χ2n) is 11.0. The van der Waals surface area contributed by atoms with E-state index in [2.05, 4.69) is 24.3 Å². The van der Waals surface area contributed by atoms with E-state index in [1.807, 2.05) is 0 Å². The molecule has 5 fully saturated rings. The van der Waals surface area contributed by atoms with Crippen molar-refractivity contribution in [2.24, 2.45) is 39.7 Å². The molecule has 0 bridgehead atoms. The lowest BCUT2D eigenvalue weighted by Gasteiger charge is -2.58. The molecule has 160 valence electrons. The third kappa shape index (κ3) is 3.10. The van der Waals surface area contributed by atoms with Crippen LogP contribution in [0.5, 0.6) is 0 Å². The van der Waals surface area contributed by atoms with E-state index in [0.29, 0.717) is 48.4 Å². The molecule has 5 heteroatoms. The summed E-state index contributed by atoms with van der Waals surface area (Å²) >= 11 is 0. The van der Waals surface area contributed by atoms with Crippen molar-refractivity contribution < 1.29 is 14.4 Å². The Kier molecular flexibility index (Phi) is 4.88. The summed E-state index contributed by atoms with van der Waals surface area (Å²) in [6.07, 6.45) is 9.67. The molecule has 7 atom stereocenters. The number of ketones is 2. The largest absolute Gasteiger partial charge is 0.394 e. The third-order valence-corrected chi connectivity index (χ3v) is 9.64. The van der Waals surface area contributed by atoms with Gasteiger partial charge in [0, 0.05) is 30.2 Å². The minimum atomic E-state index is -0.159. The minimum absolute atomic E-state index is 0.0684. The van der Waals surface area contributed by atoms with Crippen LogP contribution in [-0.2, 0) is 14.4 Å². The summed E-state index contributed by atoms with van der Waals surface area (Å²) in [4.78, 5) is 31.5. The number of fused-ring (bicyclic) bond motifs is 5. The molecule has 1 saturated heterocycles. The third-order valence-electron chi connectivity index (χ3n) is 9.64. The van der Waals surface area contributed by atoms with Crippen LogP contribution in [0.1, 0.15) is 78.1 Å². The van der Waals surface area contributed by atoms with Crippen LogP contribution in [0.15, 0.2) is 5.16 Å². The van der Waals surface area contributed by atoms with E-state index in [0.717, 1.165) is 63.6 Å². The highest BCUT2D eigenvalue weighted by Gasteiger charge is 2.62. The lowest BCUT2D eigenvalue weighted by molar-refractivity contribution is -0.152. The summed E-state index contributed by atoms with van der Waals surface area (Å²) in [5.41, 5.74) is 0.988. The number of rotatable bonds is 3. The highest BCUT2D eigenvalue weighted by Crippen LogP contribution is 2.64. The van der Waals surface area contributed by atoms with E-state index < -0.39 is 0 Å². The van der Waals surface area contributed by atoms with Crippen LogP contribution < -0.4 is 5.32 Å². The van der Waals surface area contributed by atoms with Gasteiger partial charge in [-0.25, -0.2) is 0 Å². The van der Waals surface area contributed by atoms with Gasteiger partial charge >= 0.3 is 0 Å². The molecule has 0 aromatic heterocycles. The number of hydrogen-bond acceptors (Lipinski definition) is 5.